The standard InChI is InChI=1S/C19H22N2O4/c1-2-11-24-16-7-3-14(4-8-16)12-21-18(22)13-25-17-9-5-15(6-10-17)19(20)23/h3-10H,2,11-13H2,1H3,(H2,20,23)(H,21,22). The number of ether oxygens (including phenoxy) is 2. The highest BCUT2D eigenvalue weighted by Gasteiger charge is 2.05. The van der Waals surface area contributed by atoms with Crippen LogP contribution in [0.25, 0.3) is 0 Å². The van der Waals surface area contributed by atoms with Crippen molar-refractivity contribution in [3.05, 3.63) is 59.7 Å². The quantitative estimate of drug-likeness (QED) is 0.731. The van der Waals surface area contributed by atoms with Gasteiger partial charge in [0.05, 0.1) is 6.61 Å². The first-order chi connectivity index (χ1) is 12.1. The average molecular weight is 342 g/mol. The molecule has 0 aliphatic carbocycles. The van der Waals surface area contributed by atoms with Gasteiger partial charge in [-0.2, -0.15) is 0 Å². The van der Waals surface area contributed by atoms with Crippen molar-refractivity contribution in [2.45, 2.75) is 19.9 Å². The number of nitrogens with two attached hydrogens (primary N) is 1. The smallest absolute Gasteiger partial charge is 0.258 e. The van der Waals surface area contributed by atoms with Gasteiger partial charge in [0.2, 0.25) is 5.91 Å². The van der Waals surface area contributed by atoms with E-state index in [1.165, 1.54) is 0 Å². The Morgan fingerprint density at radius 3 is 2.16 bits per heavy atom. The lowest BCUT2D eigenvalue weighted by Crippen LogP contribution is -2.28. The molecule has 25 heavy (non-hydrogen) atoms. The Labute approximate surface area is 146 Å². The summed E-state index contributed by atoms with van der Waals surface area (Å²) in [5, 5.41) is 2.78. The molecule has 0 radical (unpaired) electrons. The van der Waals surface area contributed by atoms with E-state index < -0.39 is 5.91 Å². The molecule has 0 aliphatic rings. The highest BCUT2D eigenvalue weighted by molar-refractivity contribution is 5.92. The van der Waals surface area contributed by atoms with Gasteiger partial charge in [0.15, 0.2) is 6.61 Å². The van der Waals surface area contributed by atoms with Crippen molar-refractivity contribution in [1.29, 1.82) is 0 Å². The maximum absolute atomic E-state index is 11.8. The van der Waals surface area contributed by atoms with Crippen LogP contribution in [-0.4, -0.2) is 25.0 Å². The lowest BCUT2D eigenvalue weighted by molar-refractivity contribution is -0.123. The van der Waals surface area contributed by atoms with E-state index in [-0.39, 0.29) is 12.5 Å². The maximum atomic E-state index is 11.8. The van der Waals surface area contributed by atoms with E-state index in [1.807, 2.05) is 24.3 Å². The lowest BCUT2D eigenvalue weighted by atomic mass is 10.2. The van der Waals surface area contributed by atoms with Crippen molar-refractivity contribution in [1.82, 2.24) is 5.32 Å². The van der Waals surface area contributed by atoms with Crippen molar-refractivity contribution in [2.24, 2.45) is 5.73 Å². The summed E-state index contributed by atoms with van der Waals surface area (Å²) in [5.74, 6) is 0.581. The van der Waals surface area contributed by atoms with Crippen LogP contribution in [0.2, 0.25) is 0 Å². The van der Waals surface area contributed by atoms with E-state index in [4.69, 9.17) is 15.2 Å². The third kappa shape index (κ3) is 6.18. The molecule has 0 fully saturated rings. The Morgan fingerprint density at radius 1 is 0.960 bits per heavy atom. The Hall–Kier alpha value is -3.02. The third-order valence-corrected chi connectivity index (χ3v) is 3.39. The molecule has 0 bridgehead atoms. The molecule has 0 saturated carbocycles. The first-order valence-corrected chi connectivity index (χ1v) is 8.09. The lowest BCUT2D eigenvalue weighted by Gasteiger charge is -2.09. The molecule has 0 unspecified atom stereocenters. The second-order valence-electron chi connectivity index (χ2n) is 5.45. The number of nitrogens with one attached hydrogen (secondary N) is 1. The van der Waals surface area contributed by atoms with Crippen LogP contribution in [0.4, 0.5) is 0 Å². The van der Waals surface area contributed by atoms with Crippen LogP contribution in [0.15, 0.2) is 48.5 Å². The molecule has 132 valence electrons. The van der Waals surface area contributed by atoms with Crippen molar-refractivity contribution in [3.8, 4) is 11.5 Å². The number of carbonyl (C=O) groups excluding carboxylic acids is 2. The number of amides is 2. The van der Waals surface area contributed by atoms with E-state index in [0.29, 0.717) is 24.5 Å². The van der Waals surface area contributed by atoms with Crippen molar-refractivity contribution in [3.63, 3.8) is 0 Å². The minimum atomic E-state index is -0.504. The Morgan fingerprint density at radius 2 is 1.56 bits per heavy atom. The number of primary amides is 1. The molecular formula is C19H22N2O4. The zero-order valence-corrected chi connectivity index (χ0v) is 14.2. The molecule has 2 rings (SSSR count). The number of rotatable bonds is 9. The molecular weight excluding hydrogens is 320 g/mol. The molecule has 0 heterocycles. The van der Waals surface area contributed by atoms with Gasteiger partial charge in [-0.1, -0.05) is 19.1 Å². The normalized spacial score (nSPS) is 10.1. The van der Waals surface area contributed by atoms with Crippen LogP contribution < -0.4 is 20.5 Å². The van der Waals surface area contributed by atoms with Gasteiger partial charge in [-0.3, -0.25) is 9.59 Å². The average Bonchev–Trinajstić information content (AvgIpc) is 2.64. The monoisotopic (exact) mass is 342 g/mol. The molecule has 0 spiro atoms. The minimum Gasteiger partial charge on any atom is -0.494 e. The summed E-state index contributed by atoms with van der Waals surface area (Å²) in [6, 6.07) is 13.9. The van der Waals surface area contributed by atoms with Crippen LogP contribution in [0, 0.1) is 0 Å². The van der Waals surface area contributed by atoms with Gasteiger partial charge in [-0.15, -0.1) is 0 Å². The van der Waals surface area contributed by atoms with Crippen LogP contribution in [0.5, 0.6) is 11.5 Å². The maximum Gasteiger partial charge on any atom is 0.258 e. The molecule has 0 aromatic heterocycles. The van der Waals surface area contributed by atoms with Crippen molar-refractivity contribution in [2.75, 3.05) is 13.2 Å². The minimum absolute atomic E-state index is 0.104. The first-order valence-electron chi connectivity index (χ1n) is 8.09. The predicted octanol–water partition coefficient (Wildman–Crippen LogP) is 2.27. The van der Waals surface area contributed by atoms with Gasteiger partial charge in [0.1, 0.15) is 11.5 Å². The summed E-state index contributed by atoms with van der Waals surface area (Å²) in [4.78, 5) is 22.8. The topological polar surface area (TPSA) is 90.7 Å². The molecule has 2 amide bonds. The van der Waals surface area contributed by atoms with E-state index >= 15 is 0 Å². The SMILES string of the molecule is CCCOc1ccc(CNC(=O)COc2ccc(C(N)=O)cc2)cc1. The summed E-state index contributed by atoms with van der Waals surface area (Å²) in [6.07, 6.45) is 0.961. The molecule has 2 aromatic rings. The van der Waals surface area contributed by atoms with Crippen molar-refractivity contribution < 1.29 is 19.1 Å². The molecule has 0 saturated heterocycles. The Kier molecular flexibility index (Phi) is 6.83. The van der Waals surface area contributed by atoms with E-state index in [0.717, 1.165) is 17.7 Å². The fourth-order valence-corrected chi connectivity index (χ4v) is 2.04. The van der Waals surface area contributed by atoms with Crippen LogP contribution in [0.1, 0.15) is 29.3 Å². The predicted molar refractivity (Wildman–Crippen MR) is 94.5 cm³/mol. The van der Waals surface area contributed by atoms with E-state index in [9.17, 15) is 9.59 Å². The fraction of sp³-hybridized carbons (Fsp3) is 0.263. The number of hydrogen-bond acceptors (Lipinski definition) is 4. The van der Waals surface area contributed by atoms with E-state index in [2.05, 4.69) is 12.2 Å². The van der Waals surface area contributed by atoms with Gasteiger partial charge >= 0.3 is 0 Å². The van der Waals surface area contributed by atoms with Gasteiger partial charge in [0, 0.05) is 12.1 Å². The second kappa shape index (κ2) is 9.32. The van der Waals surface area contributed by atoms with Gasteiger partial charge in [-0.25, -0.2) is 0 Å². The summed E-state index contributed by atoms with van der Waals surface area (Å²) in [7, 11) is 0. The third-order valence-electron chi connectivity index (χ3n) is 3.39. The molecule has 3 N–H and O–H groups in total. The van der Waals surface area contributed by atoms with Gasteiger partial charge < -0.3 is 20.5 Å². The number of hydrogen-bond donors (Lipinski definition) is 2. The van der Waals surface area contributed by atoms with E-state index in [1.54, 1.807) is 24.3 Å². The van der Waals surface area contributed by atoms with Crippen LogP contribution >= 0.6 is 0 Å². The second-order valence-corrected chi connectivity index (χ2v) is 5.45. The molecule has 0 atom stereocenters. The van der Waals surface area contributed by atoms with Crippen LogP contribution in [-0.2, 0) is 11.3 Å². The molecule has 6 nitrogen and oxygen atoms in total. The van der Waals surface area contributed by atoms with Crippen molar-refractivity contribution >= 4 is 11.8 Å². The summed E-state index contributed by atoms with van der Waals surface area (Å²) >= 11 is 0. The van der Waals surface area contributed by atoms with Gasteiger partial charge in [0.25, 0.3) is 5.91 Å². The summed E-state index contributed by atoms with van der Waals surface area (Å²) < 4.78 is 10.9. The zero-order valence-electron chi connectivity index (χ0n) is 14.2. The van der Waals surface area contributed by atoms with Crippen LogP contribution in [0.3, 0.4) is 0 Å². The van der Waals surface area contributed by atoms with Gasteiger partial charge in [-0.05, 0) is 48.4 Å². The highest BCUT2D eigenvalue weighted by atomic mass is 16.5. The number of benzene rings is 2. The Balaban J connectivity index is 1.74. The summed E-state index contributed by atoms with van der Waals surface area (Å²) in [6.45, 7) is 3.05. The zero-order chi connectivity index (χ0) is 18.1. The largest absolute Gasteiger partial charge is 0.494 e. The first kappa shape index (κ1) is 18.3. The fourth-order valence-electron chi connectivity index (χ4n) is 2.04. The Bertz CT molecular complexity index is 696. The summed E-state index contributed by atoms with van der Waals surface area (Å²) in [5.41, 5.74) is 6.53. The molecule has 6 heteroatoms. The molecule has 2 aromatic carbocycles. The molecule has 0 aliphatic heterocycles. The number of carbonyl (C=O) groups is 2. The highest BCUT2D eigenvalue weighted by Crippen LogP contribution is 2.13.